The van der Waals surface area contributed by atoms with E-state index in [2.05, 4.69) is 12.2 Å². The molecule has 22 heavy (non-hydrogen) atoms. The lowest BCUT2D eigenvalue weighted by Gasteiger charge is -2.33. The molecule has 0 spiro atoms. The van der Waals surface area contributed by atoms with Crippen molar-refractivity contribution in [1.82, 2.24) is 10.2 Å². The van der Waals surface area contributed by atoms with Crippen molar-refractivity contribution >= 4 is 28.9 Å². The largest absolute Gasteiger partial charge is 0.496 e. The molecule has 0 aliphatic heterocycles. The first-order valence-electron chi connectivity index (χ1n) is 7.85. The molecule has 122 valence electrons. The maximum absolute atomic E-state index is 6.09. The summed E-state index contributed by atoms with van der Waals surface area (Å²) >= 11 is 11.7. The lowest BCUT2D eigenvalue weighted by atomic mass is 9.86. The van der Waals surface area contributed by atoms with Crippen LogP contribution in [0.3, 0.4) is 0 Å². The van der Waals surface area contributed by atoms with Crippen LogP contribution in [-0.4, -0.2) is 30.2 Å². The van der Waals surface area contributed by atoms with Gasteiger partial charge < -0.3 is 15.0 Å². The lowest BCUT2D eigenvalue weighted by Crippen LogP contribution is -2.46. The van der Waals surface area contributed by atoms with Crippen molar-refractivity contribution in [3.05, 3.63) is 28.8 Å². The summed E-state index contributed by atoms with van der Waals surface area (Å²) in [7, 11) is 3.68. The molecular weight excluding hydrogens is 316 g/mol. The molecule has 1 aliphatic carbocycles. The highest BCUT2D eigenvalue weighted by Crippen LogP contribution is 2.25. The number of halogens is 1. The summed E-state index contributed by atoms with van der Waals surface area (Å²) in [5, 5.41) is 5.03. The van der Waals surface area contributed by atoms with Crippen molar-refractivity contribution in [1.29, 1.82) is 0 Å². The summed E-state index contributed by atoms with van der Waals surface area (Å²) < 4.78 is 5.40. The third-order valence-electron chi connectivity index (χ3n) is 4.42. The molecule has 1 aromatic rings. The first-order chi connectivity index (χ1) is 10.5. The molecular formula is C17H25ClN2OS. The van der Waals surface area contributed by atoms with Crippen molar-refractivity contribution in [3.63, 3.8) is 0 Å². The predicted molar refractivity (Wildman–Crippen MR) is 96.6 cm³/mol. The van der Waals surface area contributed by atoms with Gasteiger partial charge in [0.05, 0.1) is 7.11 Å². The quantitative estimate of drug-likeness (QED) is 0.829. The van der Waals surface area contributed by atoms with E-state index in [1.54, 1.807) is 7.11 Å². The Kier molecular flexibility index (Phi) is 6.33. The second-order valence-electron chi connectivity index (χ2n) is 6.13. The van der Waals surface area contributed by atoms with Gasteiger partial charge >= 0.3 is 0 Å². The van der Waals surface area contributed by atoms with Crippen LogP contribution in [0.25, 0.3) is 0 Å². The van der Waals surface area contributed by atoms with Gasteiger partial charge in [-0.15, -0.1) is 0 Å². The van der Waals surface area contributed by atoms with Crippen LogP contribution in [-0.2, 0) is 6.54 Å². The van der Waals surface area contributed by atoms with Gasteiger partial charge in [-0.2, -0.15) is 0 Å². The van der Waals surface area contributed by atoms with Crippen molar-refractivity contribution in [2.24, 2.45) is 5.92 Å². The van der Waals surface area contributed by atoms with Gasteiger partial charge in [0.1, 0.15) is 5.75 Å². The number of methoxy groups -OCH3 is 1. The highest BCUT2D eigenvalue weighted by Gasteiger charge is 2.22. The minimum Gasteiger partial charge on any atom is -0.496 e. The van der Waals surface area contributed by atoms with E-state index in [1.165, 1.54) is 25.7 Å². The van der Waals surface area contributed by atoms with Crippen LogP contribution in [0.1, 0.15) is 38.2 Å². The topological polar surface area (TPSA) is 24.5 Å². The number of nitrogens with one attached hydrogen (secondary N) is 1. The minimum absolute atomic E-state index is 0.491. The first kappa shape index (κ1) is 17.4. The molecule has 0 heterocycles. The smallest absolute Gasteiger partial charge is 0.169 e. The zero-order valence-electron chi connectivity index (χ0n) is 13.6. The van der Waals surface area contributed by atoms with Crippen molar-refractivity contribution in [3.8, 4) is 5.75 Å². The molecule has 1 fully saturated rings. The van der Waals surface area contributed by atoms with Gasteiger partial charge in [-0.1, -0.05) is 31.4 Å². The average molecular weight is 341 g/mol. The summed E-state index contributed by atoms with van der Waals surface area (Å²) in [5.41, 5.74) is 1.04. The Labute approximate surface area is 144 Å². The zero-order chi connectivity index (χ0) is 16.1. The van der Waals surface area contributed by atoms with E-state index in [4.69, 9.17) is 28.6 Å². The predicted octanol–water partition coefficient (Wildman–Crippen LogP) is 4.23. The van der Waals surface area contributed by atoms with Crippen LogP contribution in [0.5, 0.6) is 5.75 Å². The zero-order valence-corrected chi connectivity index (χ0v) is 15.1. The van der Waals surface area contributed by atoms with Gasteiger partial charge in [-0.25, -0.2) is 0 Å². The van der Waals surface area contributed by atoms with E-state index in [9.17, 15) is 0 Å². The van der Waals surface area contributed by atoms with E-state index in [0.717, 1.165) is 16.4 Å². The molecule has 2 atom stereocenters. The maximum atomic E-state index is 6.09. The molecule has 1 saturated carbocycles. The normalized spacial score (nSPS) is 21.3. The number of rotatable bonds is 4. The Hall–Kier alpha value is -1.00. The van der Waals surface area contributed by atoms with Crippen molar-refractivity contribution < 1.29 is 4.74 Å². The molecule has 1 N–H and O–H groups in total. The van der Waals surface area contributed by atoms with Gasteiger partial charge in [-0.3, -0.25) is 0 Å². The molecule has 0 bridgehead atoms. The van der Waals surface area contributed by atoms with Crippen LogP contribution >= 0.6 is 23.8 Å². The molecule has 0 unspecified atom stereocenters. The van der Waals surface area contributed by atoms with Gasteiger partial charge in [0.15, 0.2) is 5.11 Å². The third kappa shape index (κ3) is 4.50. The van der Waals surface area contributed by atoms with E-state index < -0.39 is 0 Å². The van der Waals surface area contributed by atoms with Gasteiger partial charge in [0.2, 0.25) is 0 Å². The fourth-order valence-electron chi connectivity index (χ4n) is 3.00. The molecule has 3 nitrogen and oxygen atoms in total. The van der Waals surface area contributed by atoms with Gasteiger partial charge in [0, 0.05) is 30.2 Å². The van der Waals surface area contributed by atoms with Crippen molar-refractivity contribution in [2.45, 2.75) is 45.2 Å². The van der Waals surface area contributed by atoms with Crippen LogP contribution in [0.2, 0.25) is 5.02 Å². The fourth-order valence-corrected chi connectivity index (χ4v) is 3.41. The van der Waals surface area contributed by atoms with Crippen LogP contribution < -0.4 is 10.1 Å². The van der Waals surface area contributed by atoms with Crippen molar-refractivity contribution in [2.75, 3.05) is 14.2 Å². The molecule has 1 aromatic carbocycles. The monoisotopic (exact) mass is 340 g/mol. The second-order valence-corrected chi connectivity index (χ2v) is 6.95. The minimum atomic E-state index is 0.491. The van der Waals surface area contributed by atoms with E-state index in [0.29, 0.717) is 23.5 Å². The Bertz CT molecular complexity index is 523. The van der Waals surface area contributed by atoms with Crippen LogP contribution in [0.15, 0.2) is 18.2 Å². The molecule has 0 amide bonds. The number of ether oxygens (including phenoxy) is 1. The third-order valence-corrected chi connectivity index (χ3v) is 5.08. The van der Waals surface area contributed by atoms with Gasteiger partial charge in [0.25, 0.3) is 0 Å². The standard InChI is InChI=1S/C17H25ClN2OS/c1-12-6-4-5-7-15(12)19-17(22)20(2)11-13-10-14(18)8-9-16(13)21-3/h8-10,12,15H,4-7,11H2,1-3H3,(H,19,22)/t12-,15+/m0/s1. The summed E-state index contributed by atoms with van der Waals surface area (Å²) in [6, 6.07) is 6.16. The highest BCUT2D eigenvalue weighted by molar-refractivity contribution is 7.80. The Morgan fingerprint density at radius 2 is 2.14 bits per heavy atom. The molecule has 0 saturated heterocycles. The van der Waals surface area contributed by atoms with E-state index >= 15 is 0 Å². The maximum Gasteiger partial charge on any atom is 0.169 e. The summed E-state index contributed by atoms with van der Waals surface area (Å²) in [6.45, 7) is 2.98. The first-order valence-corrected chi connectivity index (χ1v) is 8.64. The van der Waals surface area contributed by atoms with E-state index in [1.807, 2.05) is 30.1 Å². The Morgan fingerprint density at radius 1 is 1.41 bits per heavy atom. The van der Waals surface area contributed by atoms with E-state index in [-0.39, 0.29) is 0 Å². The fraction of sp³-hybridized carbons (Fsp3) is 0.588. The lowest BCUT2D eigenvalue weighted by molar-refractivity contribution is 0.300. The number of hydrogen-bond donors (Lipinski definition) is 1. The highest BCUT2D eigenvalue weighted by atomic mass is 35.5. The number of nitrogens with zero attached hydrogens (tertiary/aromatic N) is 1. The SMILES string of the molecule is COc1ccc(Cl)cc1CN(C)C(=S)N[C@@H]1CCCC[C@@H]1C. The summed E-state index contributed by atoms with van der Waals surface area (Å²) in [6.07, 6.45) is 5.11. The van der Waals surface area contributed by atoms with Gasteiger partial charge in [-0.05, 0) is 49.2 Å². The molecule has 2 rings (SSSR count). The Morgan fingerprint density at radius 3 is 2.82 bits per heavy atom. The molecule has 1 aliphatic rings. The Balaban J connectivity index is 1.97. The average Bonchev–Trinajstić information content (AvgIpc) is 2.49. The number of thiocarbonyl (C=S) groups is 1. The van der Waals surface area contributed by atoms with Crippen LogP contribution in [0, 0.1) is 5.92 Å². The molecule has 5 heteroatoms. The number of benzene rings is 1. The molecule has 0 aromatic heterocycles. The summed E-state index contributed by atoms with van der Waals surface area (Å²) in [5.74, 6) is 1.52. The van der Waals surface area contributed by atoms with Crippen LogP contribution in [0.4, 0.5) is 0 Å². The second kappa shape index (κ2) is 8.02. The summed E-state index contributed by atoms with van der Waals surface area (Å²) in [4.78, 5) is 2.05. The number of hydrogen-bond acceptors (Lipinski definition) is 2. The molecule has 0 radical (unpaired) electrons.